The summed E-state index contributed by atoms with van der Waals surface area (Å²) in [5.74, 6) is 0.721. The van der Waals surface area contributed by atoms with Gasteiger partial charge in [0.05, 0.1) is 17.5 Å². The van der Waals surface area contributed by atoms with Crippen LogP contribution in [0.2, 0.25) is 0 Å². The Morgan fingerprint density at radius 1 is 1.54 bits per heavy atom. The van der Waals surface area contributed by atoms with Crippen molar-refractivity contribution in [3.05, 3.63) is 30.7 Å². The summed E-state index contributed by atoms with van der Waals surface area (Å²) in [5, 5.41) is 0. The van der Waals surface area contributed by atoms with Gasteiger partial charge >= 0.3 is 0 Å². The first kappa shape index (κ1) is 6.83. The highest BCUT2D eigenvalue weighted by Crippen LogP contribution is 2.36. The maximum atomic E-state index is 5.48. The third-order valence-electron chi connectivity index (χ3n) is 2.42. The molecule has 1 aliphatic heterocycles. The molecule has 1 unspecified atom stereocenters. The summed E-state index contributed by atoms with van der Waals surface area (Å²) >= 11 is 0. The van der Waals surface area contributed by atoms with Crippen molar-refractivity contribution in [1.82, 2.24) is 4.57 Å². The van der Waals surface area contributed by atoms with Crippen LogP contribution < -0.4 is 0 Å². The first-order valence-electron chi connectivity index (χ1n) is 4.22. The lowest BCUT2D eigenvalue weighted by Gasteiger charge is -2.05. The monoisotopic (exact) mass is 175 g/mol. The Morgan fingerprint density at radius 3 is 3.23 bits per heavy atom. The molecule has 0 fully saturated rings. The Morgan fingerprint density at radius 2 is 2.38 bits per heavy atom. The van der Waals surface area contributed by atoms with Crippen molar-refractivity contribution in [3.63, 3.8) is 0 Å². The molecule has 66 valence electrons. The molecule has 2 aromatic heterocycles. The molecular formula is C10H9NO2. The molecule has 0 aliphatic carbocycles. The number of rotatable bonds is 0. The molecule has 1 aliphatic rings. The van der Waals surface area contributed by atoms with Crippen molar-refractivity contribution >= 4 is 16.9 Å². The van der Waals surface area contributed by atoms with Gasteiger partial charge in [0.25, 0.3) is 0 Å². The average molecular weight is 175 g/mol. The van der Waals surface area contributed by atoms with Crippen molar-refractivity contribution in [2.45, 2.75) is 13.2 Å². The molecule has 13 heavy (non-hydrogen) atoms. The van der Waals surface area contributed by atoms with Crippen molar-refractivity contribution in [3.8, 4) is 0 Å². The molecule has 1 atom stereocenters. The van der Waals surface area contributed by atoms with Crippen LogP contribution in [-0.4, -0.2) is 4.57 Å². The standard InChI is InChI=1S/C10H9NO2/c1-6-9-5-10-8(3-4-12-10)11(9)7(2)13-6/h3-5,7H,1H2,2H3. The molecule has 0 spiro atoms. The lowest BCUT2D eigenvalue weighted by molar-refractivity contribution is 0.154. The van der Waals surface area contributed by atoms with Gasteiger partial charge in [-0.1, -0.05) is 6.58 Å². The highest BCUT2D eigenvalue weighted by atomic mass is 16.5. The molecule has 2 aromatic rings. The van der Waals surface area contributed by atoms with E-state index >= 15 is 0 Å². The molecule has 0 radical (unpaired) electrons. The minimum atomic E-state index is 0.0256. The molecular weight excluding hydrogens is 166 g/mol. The van der Waals surface area contributed by atoms with Crippen molar-refractivity contribution in [1.29, 1.82) is 0 Å². The molecule has 3 heterocycles. The Kier molecular flexibility index (Phi) is 1.05. The summed E-state index contributed by atoms with van der Waals surface area (Å²) in [7, 11) is 0. The van der Waals surface area contributed by atoms with Crippen LogP contribution in [0, 0.1) is 0 Å². The molecule has 3 nitrogen and oxygen atoms in total. The molecule has 0 aromatic carbocycles. The van der Waals surface area contributed by atoms with E-state index < -0.39 is 0 Å². The van der Waals surface area contributed by atoms with Gasteiger partial charge in [0, 0.05) is 12.1 Å². The van der Waals surface area contributed by atoms with E-state index in [-0.39, 0.29) is 6.23 Å². The second-order valence-corrected chi connectivity index (χ2v) is 3.21. The summed E-state index contributed by atoms with van der Waals surface area (Å²) in [6.07, 6.45) is 1.71. The summed E-state index contributed by atoms with van der Waals surface area (Å²) in [6.45, 7) is 5.83. The minimum Gasteiger partial charge on any atom is -0.469 e. The third kappa shape index (κ3) is 0.691. The Labute approximate surface area is 75.2 Å². The Hall–Kier alpha value is -1.64. The third-order valence-corrected chi connectivity index (χ3v) is 2.42. The zero-order valence-corrected chi connectivity index (χ0v) is 7.28. The number of fused-ring (bicyclic) bond motifs is 3. The second-order valence-electron chi connectivity index (χ2n) is 3.21. The highest BCUT2D eigenvalue weighted by Gasteiger charge is 2.25. The molecule has 0 N–H and O–H groups in total. The molecule has 0 bridgehead atoms. The maximum absolute atomic E-state index is 5.48. The minimum absolute atomic E-state index is 0.0256. The van der Waals surface area contributed by atoms with Crippen molar-refractivity contribution < 1.29 is 9.15 Å². The summed E-state index contributed by atoms with van der Waals surface area (Å²) < 4.78 is 12.9. The zero-order valence-electron chi connectivity index (χ0n) is 7.28. The fourth-order valence-corrected chi connectivity index (χ4v) is 1.87. The fourth-order valence-electron chi connectivity index (χ4n) is 1.87. The van der Waals surface area contributed by atoms with Crippen LogP contribution in [0.1, 0.15) is 18.8 Å². The van der Waals surface area contributed by atoms with Crippen molar-refractivity contribution in [2.75, 3.05) is 0 Å². The van der Waals surface area contributed by atoms with E-state index in [1.54, 1.807) is 6.26 Å². The van der Waals surface area contributed by atoms with E-state index in [1.165, 1.54) is 0 Å². The number of hydrogen-bond acceptors (Lipinski definition) is 2. The number of ether oxygens (including phenoxy) is 1. The summed E-state index contributed by atoms with van der Waals surface area (Å²) in [5.41, 5.74) is 2.98. The van der Waals surface area contributed by atoms with E-state index in [0.29, 0.717) is 0 Å². The molecule has 3 rings (SSSR count). The van der Waals surface area contributed by atoms with Crippen LogP contribution in [0.5, 0.6) is 0 Å². The summed E-state index contributed by atoms with van der Waals surface area (Å²) in [6, 6.07) is 3.90. The smallest absolute Gasteiger partial charge is 0.174 e. The van der Waals surface area contributed by atoms with Gasteiger partial charge in [-0.15, -0.1) is 0 Å². The van der Waals surface area contributed by atoms with Gasteiger partial charge in [-0.2, -0.15) is 0 Å². The van der Waals surface area contributed by atoms with E-state index in [0.717, 1.165) is 22.6 Å². The Balaban J connectivity index is 2.43. The normalized spacial score (nSPS) is 20.7. The number of furan rings is 1. The average Bonchev–Trinajstić information content (AvgIpc) is 2.63. The van der Waals surface area contributed by atoms with Crippen molar-refractivity contribution in [2.24, 2.45) is 0 Å². The van der Waals surface area contributed by atoms with Gasteiger partial charge in [-0.05, 0) is 6.92 Å². The topological polar surface area (TPSA) is 27.3 Å². The lowest BCUT2D eigenvalue weighted by Crippen LogP contribution is -1.98. The number of aromatic nitrogens is 1. The van der Waals surface area contributed by atoms with Crippen LogP contribution in [0.3, 0.4) is 0 Å². The molecule has 0 saturated carbocycles. The fraction of sp³-hybridized carbons (Fsp3) is 0.200. The predicted octanol–water partition coefficient (Wildman–Crippen LogP) is 2.75. The zero-order chi connectivity index (χ0) is 9.00. The Bertz CT molecular complexity index is 492. The molecule has 0 saturated heterocycles. The van der Waals surface area contributed by atoms with Crippen LogP contribution in [0.4, 0.5) is 0 Å². The van der Waals surface area contributed by atoms with Gasteiger partial charge in [-0.3, -0.25) is 4.57 Å². The molecule has 0 amide bonds. The van der Waals surface area contributed by atoms with Gasteiger partial charge in [0.15, 0.2) is 11.8 Å². The first-order valence-corrected chi connectivity index (χ1v) is 4.22. The lowest BCUT2D eigenvalue weighted by atomic mass is 10.4. The van der Waals surface area contributed by atoms with Crippen LogP contribution in [0.15, 0.2) is 29.4 Å². The maximum Gasteiger partial charge on any atom is 0.174 e. The number of hydrogen-bond donors (Lipinski definition) is 0. The second kappa shape index (κ2) is 1.99. The van der Waals surface area contributed by atoms with E-state index in [2.05, 4.69) is 11.1 Å². The van der Waals surface area contributed by atoms with Gasteiger partial charge in [0.1, 0.15) is 5.76 Å². The quantitative estimate of drug-likeness (QED) is 0.615. The van der Waals surface area contributed by atoms with Gasteiger partial charge in [-0.25, -0.2) is 0 Å². The SMILES string of the molecule is C=C1OC(C)n2c1cc1occc12. The first-order chi connectivity index (χ1) is 6.27. The van der Waals surface area contributed by atoms with Crippen LogP contribution >= 0.6 is 0 Å². The predicted molar refractivity (Wildman–Crippen MR) is 49.0 cm³/mol. The summed E-state index contributed by atoms with van der Waals surface area (Å²) in [4.78, 5) is 0. The van der Waals surface area contributed by atoms with E-state index in [9.17, 15) is 0 Å². The molecule has 3 heteroatoms. The highest BCUT2D eigenvalue weighted by molar-refractivity contribution is 5.81. The van der Waals surface area contributed by atoms with Crippen LogP contribution in [0.25, 0.3) is 16.9 Å². The van der Waals surface area contributed by atoms with Crippen LogP contribution in [-0.2, 0) is 4.74 Å². The van der Waals surface area contributed by atoms with Gasteiger partial charge in [0.2, 0.25) is 0 Å². The van der Waals surface area contributed by atoms with E-state index in [4.69, 9.17) is 9.15 Å². The largest absolute Gasteiger partial charge is 0.469 e. The van der Waals surface area contributed by atoms with Gasteiger partial charge < -0.3 is 9.15 Å². The van der Waals surface area contributed by atoms with E-state index in [1.807, 2.05) is 19.1 Å². The number of nitrogens with zero attached hydrogens (tertiary/aromatic N) is 1.